The zero-order valence-corrected chi connectivity index (χ0v) is 15.9. The fourth-order valence-electron chi connectivity index (χ4n) is 3.94. The van der Waals surface area contributed by atoms with Gasteiger partial charge in [0.15, 0.2) is 0 Å². The number of hydrogen-bond donors (Lipinski definition) is 2. The number of carbonyl (C=O) groups excluding carboxylic acids is 2. The van der Waals surface area contributed by atoms with E-state index in [0.717, 1.165) is 43.7 Å². The van der Waals surface area contributed by atoms with Crippen LogP contribution in [0, 0.1) is 11.6 Å². The van der Waals surface area contributed by atoms with Crippen molar-refractivity contribution >= 4 is 17.5 Å². The van der Waals surface area contributed by atoms with Gasteiger partial charge in [0.2, 0.25) is 11.8 Å². The maximum Gasteiger partial charge on any atom is 0.230 e. The van der Waals surface area contributed by atoms with Crippen LogP contribution in [0.2, 0.25) is 0 Å². The Morgan fingerprint density at radius 3 is 2.14 bits per heavy atom. The second-order valence-electron chi connectivity index (χ2n) is 7.36. The summed E-state index contributed by atoms with van der Waals surface area (Å²) in [6, 6.07) is 10.6. The predicted molar refractivity (Wildman–Crippen MR) is 104 cm³/mol. The highest BCUT2D eigenvalue weighted by atomic mass is 19.1. The van der Waals surface area contributed by atoms with Gasteiger partial charge in [0.05, 0.1) is 5.41 Å². The zero-order chi connectivity index (χ0) is 20.1. The Balaban J connectivity index is 1.80. The summed E-state index contributed by atoms with van der Waals surface area (Å²) >= 11 is 0. The van der Waals surface area contributed by atoms with Gasteiger partial charge in [-0.1, -0.05) is 31.4 Å². The fourth-order valence-corrected chi connectivity index (χ4v) is 3.94. The zero-order valence-electron chi connectivity index (χ0n) is 15.9. The van der Waals surface area contributed by atoms with Crippen LogP contribution in [-0.4, -0.2) is 11.8 Å². The minimum atomic E-state index is -0.668. The van der Waals surface area contributed by atoms with E-state index in [4.69, 9.17) is 0 Å². The van der Waals surface area contributed by atoms with Crippen LogP contribution in [0.15, 0.2) is 42.5 Å². The van der Waals surface area contributed by atoms with Gasteiger partial charge >= 0.3 is 0 Å². The van der Waals surface area contributed by atoms with Gasteiger partial charge < -0.3 is 10.6 Å². The van der Waals surface area contributed by atoms with E-state index in [1.165, 1.54) is 19.1 Å². The van der Waals surface area contributed by atoms with Crippen molar-refractivity contribution in [2.24, 2.45) is 0 Å². The van der Waals surface area contributed by atoms with Crippen LogP contribution in [0.1, 0.15) is 50.2 Å². The van der Waals surface area contributed by atoms with Crippen LogP contribution >= 0.6 is 0 Å². The van der Waals surface area contributed by atoms with Crippen molar-refractivity contribution < 1.29 is 18.4 Å². The van der Waals surface area contributed by atoms with E-state index in [1.807, 2.05) is 12.1 Å². The van der Waals surface area contributed by atoms with Gasteiger partial charge in [-0.3, -0.25) is 9.59 Å². The Kier molecular flexibility index (Phi) is 6.07. The maximum absolute atomic E-state index is 13.4. The molecule has 2 amide bonds. The lowest BCUT2D eigenvalue weighted by molar-refractivity contribution is -0.128. The molecule has 0 atom stereocenters. The average Bonchev–Trinajstić information content (AvgIpc) is 2.66. The van der Waals surface area contributed by atoms with Crippen molar-refractivity contribution in [3.63, 3.8) is 0 Å². The Morgan fingerprint density at radius 1 is 0.964 bits per heavy atom. The topological polar surface area (TPSA) is 58.2 Å². The molecule has 0 aromatic heterocycles. The van der Waals surface area contributed by atoms with E-state index in [1.54, 1.807) is 12.1 Å². The number of anilines is 1. The van der Waals surface area contributed by atoms with Crippen molar-refractivity contribution in [2.45, 2.75) is 51.0 Å². The number of hydrogen-bond acceptors (Lipinski definition) is 2. The van der Waals surface area contributed by atoms with Crippen molar-refractivity contribution in [2.75, 3.05) is 5.32 Å². The summed E-state index contributed by atoms with van der Waals surface area (Å²) < 4.78 is 26.8. The van der Waals surface area contributed by atoms with E-state index in [-0.39, 0.29) is 18.4 Å². The van der Waals surface area contributed by atoms with Crippen LogP contribution in [0.5, 0.6) is 0 Å². The molecule has 2 aromatic carbocycles. The molecule has 28 heavy (non-hydrogen) atoms. The monoisotopic (exact) mass is 386 g/mol. The van der Waals surface area contributed by atoms with Gasteiger partial charge in [-0.2, -0.15) is 0 Å². The summed E-state index contributed by atoms with van der Waals surface area (Å²) in [6.07, 6.45) is 4.39. The maximum atomic E-state index is 13.4. The highest BCUT2D eigenvalue weighted by molar-refractivity contribution is 5.90. The molecule has 0 spiro atoms. The first-order valence-corrected chi connectivity index (χ1v) is 9.50. The number of benzene rings is 2. The van der Waals surface area contributed by atoms with Gasteiger partial charge in [-0.25, -0.2) is 8.78 Å². The van der Waals surface area contributed by atoms with Crippen molar-refractivity contribution in [3.8, 4) is 0 Å². The van der Waals surface area contributed by atoms with Gasteiger partial charge in [-0.05, 0) is 48.2 Å². The second-order valence-corrected chi connectivity index (χ2v) is 7.36. The average molecular weight is 386 g/mol. The van der Waals surface area contributed by atoms with Gasteiger partial charge in [-0.15, -0.1) is 0 Å². The first-order chi connectivity index (χ1) is 13.4. The summed E-state index contributed by atoms with van der Waals surface area (Å²) in [6.45, 7) is 1.51. The molecule has 1 aliphatic rings. The molecule has 3 rings (SSSR count). The highest BCUT2D eigenvalue weighted by Crippen LogP contribution is 2.40. The van der Waals surface area contributed by atoms with E-state index in [2.05, 4.69) is 10.6 Å². The molecule has 0 saturated heterocycles. The summed E-state index contributed by atoms with van der Waals surface area (Å²) in [7, 11) is 0. The van der Waals surface area contributed by atoms with Gasteiger partial charge in [0.1, 0.15) is 11.6 Å². The summed E-state index contributed by atoms with van der Waals surface area (Å²) in [4.78, 5) is 24.4. The van der Waals surface area contributed by atoms with Crippen LogP contribution in [0.3, 0.4) is 0 Å². The van der Waals surface area contributed by atoms with Crippen LogP contribution in [0.4, 0.5) is 14.5 Å². The summed E-state index contributed by atoms with van der Waals surface area (Å²) in [5.74, 6) is -1.61. The lowest BCUT2D eigenvalue weighted by Crippen LogP contribution is -2.45. The van der Waals surface area contributed by atoms with E-state index < -0.39 is 17.0 Å². The number of amides is 2. The third-order valence-electron chi connectivity index (χ3n) is 5.28. The lowest BCUT2D eigenvalue weighted by atomic mass is 9.68. The Morgan fingerprint density at radius 2 is 1.57 bits per heavy atom. The molecule has 1 aliphatic carbocycles. The third kappa shape index (κ3) is 4.55. The number of nitrogens with one attached hydrogen (secondary N) is 2. The SMILES string of the molecule is CC(=O)Nc1ccc(C2(C(=O)NCc3cc(F)cc(F)c3)CCCCC2)cc1. The molecule has 1 fully saturated rings. The minimum absolute atomic E-state index is 0.0687. The predicted octanol–water partition coefficient (Wildman–Crippen LogP) is 4.44. The Hall–Kier alpha value is -2.76. The molecule has 4 nitrogen and oxygen atoms in total. The largest absolute Gasteiger partial charge is 0.351 e. The first-order valence-electron chi connectivity index (χ1n) is 9.50. The minimum Gasteiger partial charge on any atom is -0.351 e. The molecule has 0 unspecified atom stereocenters. The standard InChI is InChI=1S/C22H24F2N2O2/c1-15(27)26-20-7-5-17(6-8-20)22(9-3-2-4-10-22)21(28)25-14-16-11-18(23)13-19(24)12-16/h5-8,11-13H,2-4,9-10,14H2,1H3,(H,25,28)(H,26,27). The van der Waals surface area contributed by atoms with Gasteiger partial charge in [0, 0.05) is 25.2 Å². The Bertz CT molecular complexity index is 839. The molecule has 0 radical (unpaired) electrons. The molecule has 1 saturated carbocycles. The number of carbonyl (C=O) groups is 2. The van der Waals surface area contributed by atoms with Crippen molar-refractivity contribution in [3.05, 3.63) is 65.2 Å². The van der Waals surface area contributed by atoms with Crippen LogP contribution in [-0.2, 0) is 21.5 Å². The molecule has 0 bridgehead atoms. The molecule has 0 aliphatic heterocycles. The van der Waals surface area contributed by atoms with Gasteiger partial charge in [0.25, 0.3) is 0 Å². The van der Waals surface area contributed by atoms with Crippen LogP contribution in [0.25, 0.3) is 0 Å². The lowest BCUT2D eigenvalue weighted by Gasteiger charge is -2.36. The van der Waals surface area contributed by atoms with Crippen molar-refractivity contribution in [1.82, 2.24) is 5.32 Å². The molecule has 148 valence electrons. The second kappa shape index (κ2) is 8.50. The van der Waals surface area contributed by atoms with E-state index in [0.29, 0.717) is 11.3 Å². The normalized spacial score (nSPS) is 15.7. The van der Waals surface area contributed by atoms with E-state index in [9.17, 15) is 18.4 Å². The van der Waals surface area contributed by atoms with E-state index >= 15 is 0 Å². The fraction of sp³-hybridized carbons (Fsp3) is 0.364. The smallest absolute Gasteiger partial charge is 0.230 e. The quantitative estimate of drug-likeness (QED) is 0.798. The third-order valence-corrected chi connectivity index (χ3v) is 5.28. The van der Waals surface area contributed by atoms with Crippen LogP contribution < -0.4 is 10.6 Å². The summed E-state index contributed by atoms with van der Waals surface area (Å²) in [5, 5.41) is 5.59. The first kappa shape index (κ1) is 20.0. The Labute approximate surface area is 163 Å². The summed E-state index contributed by atoms with van der Waals surface area (Å²) in [5.41, 5.74) is 1.29. The molecule has 2 N–H and O–H groups in total. The number of halogens is 2. The molecule has 0 heterocycles. The number of rotatable bonds is 5. The molecular weight excluding hydrogens is 362 g/mol. The highest BCUT2D eigenvalue weighted by Gasteiger charge is 2.40. The molecular formula is C22H24F2N2O2. The molecule has 6 heteroatoms. The molecule has 2 aromatic rings. The van der Waals surface area contributed by atoms with Crippen molar-refractivity contribution in [1.29, 1.82) is 0 Å².